The fourth-order valence-corrected chi connectivity index (χ4v) is 4.37. The molecule has 0 N–H and O–H groups in total. The molecule has 1 heterocycles. The third-order valence-electron chi connectivity index (χ3n) is 3.91. The molecule has 0 aromatic rings. The first-order valence-corrected chi connectivity index (χ1v) is 5.52. The lowest BCUT2D eigenvalue weighted by molar-refractivity contribution is -0.137. The normalized spacial score (nSPS) is 51.5. The Morgan fingerprint density at radius 1 is 1.36 bits per heavy atom. The minimum absolute atomic E-state index is 0.598. The van der Waals surface area contributed by atoms with E-state index in [4.69, 9.17) is 4.74 Å². The average Bonchev–Trinajstić information content (AvgIpc) is 2.29. The van der Waals surface area contributed by atoms with E-state index < -0.39 is 0 Å². The summed E-state index contributed by atoms with van der Waals surface area (Å²) < 4.78 is 5.75. The highest BCUT2D eigenvalue weighted by atomic mass is 79.9. The number of fused-ring (bicyclic) bond motifs is 2. The summed E-state index contributed by atoms with van der Waals surface area (Å²) in [5.74, 6) is 0.857. The lowest BCUT2D eigenvalue weighted by atomic mass is 9.50. The predicted molar refractivity (Wildman–Crippen MR) is 46.8 cm³/mol. The molecule has 3 rings (SSSR count). The van der Waals surface area contributed by atoms with Crippen LogP contribution in [0.15, 0.2) is 0 Å². The van der Waals surface area contributed by atoms with Crippen LogP contribution < -0.4 is 0 Å². The van der Waals surface area contributed by atoms with Crippen LogP contribution in [0.3, 0.4) is 0 Å². The molecule has 2 aliphatic carbocycles. The van der Waals surface area contributed by atoms with E-state index >= 15 is 0 Å². The number of ether oxygens (including phenoxy) is 1. The molecule has 0 radical (unpaired) electrons. The minimum Gasteiger partial charge on any atom is -0.377 e. The molecule has 1 saturated heterocycles. The van der Waals surface area contributed by atoms with Gasteiger partial charge in [-0.25, -0.2) is 0 Å². The van der Waals surface area contributed by atoms with Gasteiger partial charge in [0, 0.05) is 22.8 Å². The Balaban J connectivity index is 1.86. The third kappa shape index (κ3) is 0.627. The van der Waals surface area contributed by atoms with Crippen LogP contribution in [-0.4, -0.2) is 17.5 Å². The molecule has 3 fully saturated rings. The Bertz CT molecular complexity index is 188. The SMILES string of the molecule is Br[C@@H]1[C@@H]2CCO[C@@H]2C12CCC2. The van der Waals surface area contributed by atoms with Crippen LogP contribution in [0.1, 0.15) is 25.7 Å². The standard InChI is InChI=1S/C9H13BrO/c10-7-6-2-5-11-8(6)9(7)3-1-4-9/h6-8H,1-5H2/t6-,7+,8-/m0/s1. The molecule has 0 unspecified atom stereocenters. The largest absolute Gasteiger partial charge is 0.377 e. The van der Waals surface area contributed by atoms with Gasteiger partial charge in [-0.2, -0.15) is 0 Å². The van der Waals surface area contributed by atoms with Crippen LogP contribution in [0.2, 0.25) is 0 Å². The molecular formula is C9H13BrO. The lowest BCUT2D eigenvalue weighted by Gasteiger charge is -2.61. The predicted octanol–water partition coefficient (Wildman–Crippen LogP) is 2.34. The third-order valence-corrected chi connectivity index (χ3v) is 5.50. The van der Waals surface area contributed by atoms with E-state index in [2.05, 4.69) is 15.9 Å². The zero-order chi connectivity index (χ0) is 7.47. The van der Waals surface area contributed by atoms with Crippen molar-refractivity contribution in [2.45, 2.75) is 36.6 Å². The second kappa shape index (κ2) is 2.02. The quantitative estimate of drug-likeness (QED) is 0.566. The molecule has 1 aliphatic heterocycles. The zero-order valence-corrected chi connectivity index (χ0v) is 8.14. The molecule has 1 nitrogen and oxygen atoms in total. The molecule has 11 heavy (non-hydrogen) atoms. The maximum absolute atomic E-state index is 5.75. The van der Waals surface area contributed by atoms with Crippen LogP contribution in [0, 0.1) is 11.3 Å². The van der Waals surface area contributed by atoms with Gasteiger partial charge in [0.2, 0.25) is 0 Å². The van der Waals surface area contributed by atoms with Gasteiger partial charge in [-0.05, 0) is 19.3 Å². The van der Waals surface area contributed by atoms with Crippen molar-refractivity contribution >= 4 is 15.9 Å². The van der Waals surface area contributed by atoms with Crippen molar-refractivity contribution in [2.75, 3.05) is 6.61 Å². The van der Waals surface area contributed by atoms with Crippen molar-refractivity contribution in [1.82, 2.24) is 0 Å². The first kappa shape index (κ1) is 6.90. The van der Waals surface area contributed by atoms with E-state index in [1.54, 1.807) is 0 Å². The molecule has 62 valence electrons. The van der Waals surface area contributed by atoms with Gasteiger partial charge < -0.3 is 4.74 Å². The monoisotopic (exact) mass is 216 g/mol. The molecule has 1 spiro atoms. The number of rotatable bonds is 0. The Morgan fingerprint density at radius 2 is 2.18 bits per heavy atom. The Hall–Kier alpha value is 0.440. The van der Waals surface area contributed by atoms with E-state index in [0.717, 1.165) is 17.4 Å². The molecule has 2 heteroatoms. The molecule has 2 saturated carbocycles. The van der Waals surface area contributed by atoms with E-state index in [0.29, 0.717) is 11.5 Å². The van der Waals surface area contributed by atoms with Crippen molar-refractivity contribution in [1.29, 1.82) is 0 Å². The molecule has 0 bridgehead atoms. The van der Waals surface area contributed by atoms with E-state index in [-0.39, 0.29) is 0 Å². The smallest absolute Gasteiger partial charge is 0.0681 e. The summed E-state index contributed by atoms with van der Waals surface area (Å²) in [7, 11) is 0. The topological polar surface area (TPSA) is 9.23 Å². The lowest BCUT2D eigenvalue weighted by Crippen LogP contribution is -2.63. The summed E-state index contributed by atoms with van der Waals surface area (Å²) in [6, 6.07) is 0. The number of alkyl halides is 1. The number of halogens is 1. The van der Waals surface area contributed by atoms with Crippen molar-refractivity contribution in [2.24, 2.45) is 11.3 Å². The van der Waals surface area contributed by atoms with Crippen LogP contribution in [-0.2, 0) is 4.74 Å². The highest BCUT2D eigenvalue weighted by Crippen LogP contribution is 2.65. The maximum Gasteiger partial charge on any atom is 0.0681 e. The van der Waals surface area contributed by atoms with Gasteiger partial charge in [0.15, 0.2) is 0 Å². The van der Waals surface area contributed by atoms with Crippen LogP contribution in [0.25, 0.3) is 0 Å². The van der Waals surface area contributed by atoms with Gasteiger partial charge in [-0.15, -0.1) is 0 Å². The first-order chi connectivity index (χ1) is 5.34. The van der Waals surface area contributed by atoms with Crippen LogP contribution in [0.4, 0.5) is 0 Å². The Labute approximate surface area is 75.6 Å². The van der Waals surface area contributed by atoms with Crippen molar-refractivity contribution in [3.05, 3.63) is 0 Å². The fraction of sp³-hybridized carbons (Fsp3) is 1.00. The summed E-state index contributed by atoms with van der Waals surface area (Å²) in [5, 5.41) is 0. The number of hydrogen-bond donors (Lipinski definition) is 0. The summed E-state index contributed by atoms with van der Waals surface area (Å²) in [6.07, 6.45) is 6.17. The van der Waals surface area contributed by atoms with Gasteiger partial charge in [0.1, 0.15) is 0 Å². The van der Waals surface area contributed by atoms with Crippen LogP contribution in [0.5, 0.6) is 0 Å². The molecule has 0 aromatic carbocycles. The van der Waals surface area contributed by atoms with Gasteiger partial charge in [-0.3, -0.25) is 0 Å². The van der Waals surface area contributed by atoms with Gasteiger partial charge in [0.25, 0.3) is 0 Å². The molecule has 0 amide bonds. The molecule has 3 atom stereocenters. The summed E-state index contributed by atoms with van der Waals surface area (Å²) in [6.45, 7) is 1.01. The van der Waals surface area contributed by atoms with Crippen molar-refractivity contribution in [3.8, 4) is 0 Å². The van der Waals surface area contributed by atoms with Gasteiger partial charge in [-0.1, -0.05) is 22.4 Å². The second-order valence-electron chi connectivity index (χ2n) is 4.23. The number of hydrogen-bond acceptors (Lipinski definition) is 1. The molecule has 3 aliphatic rings. The Kier molecular flexibility index (Phi) is 1.27. The summed E-state index contributed by atoms with van der Waals surface area (Å²) >= 11 is 3.82. The fourth-order valence-electron chi connectivity index (χ4n) is 3.11. The average molecular weight is 217 g/mol. The molecule has 0 aromatic heterocycles. The zero-order valence-electron chi connectivity index (χ0n) is 6.55. The van der Waals surface area contributed by atoms with E-state index in [1.807, 2.05) is 0 Å². The van der Waals surface area contributed by atoms with Crippen LogP contribution >= 0.6 is 15.9 Å². The highest BCUT2D eigenvalue weighted by molar-refractivity contribution is 9.09. The first-order valence-electron chi connectivity index (χ1n) is 4.60. The Morgan fingerprint density at radius 3 is 2.82 bits per heavy atom. The molecular weight excluding hydrogens is 204 g/mol. The van der Waals surface area contributed by atoms with Crippen molar-refractivity contribution in [3.63, 3.8) is 0 Å². The van der Waals surface area contributed by atoms with Gasteiger partial charge >= 0.3 is 0 Å². The highest BCUT2D eigenvalue weighted by Gasteiger charge is 2.65. The van der Waals surface area contributed by atoms with Crippen molar-refractivity contribution < 1.29 is 4.74 Å². The van der Waals surface area contributed by atoms with Gasteiger partial charge in [0.05, 0.1) is 6.10 Å². The summed E-state index contributed by atoms with van der Waals surface area (Å²) in [4.78, 5) is 0.788. The second-order valence-corrected chi connectivity index (χ2v) is 5.22. The maximum atomic E-state index is 5.75. The van der Waals surface area contributed by atoms with E-state index in [9.17, 15) is 0 Å². The van der Waals surface area contributed by atoms with E-state index in [1.165, 1.54) is 25.7 Å². The summed E-state index contributed by atoms with van der Waals surface area (Å²) in [5.41, 5.74) is 0.598. The minimum atomic E-state index is 0.598.